The van der Waals surface area contributed by atoms with E-state index < -0.39 is 11.4 Å². The molecule has 1 unspecified atom stereocenters. The van der Waals surface area contributed by atoms with Crippen LogP contribution < -0.4 is 4.90 Å². The molecule has 156 valence electrons. The van der Waals surface area contributed by atoms with Crippen molar-refractivity contribution in [2.75, 3.05) is 18.1 Å². The van der Waals surface area contributed by atoms with E-state index in [9.17, 15) is 9.59 Å². The summed E-state index contributed by atoms with van der Waals surface area (Å²) in [4.78, 5) is 28.3. The van der Waals surface area contributed by atoms with Crippen LogP contribution in [0.2, 0.25) is 0 Å². The summed E-state index contributed by atoms with van der Waals surface area (Å²) in [6, 6.07) is 19.2. The average Bonchev–Trinajstić information content (AvgIpc) is 3.24. The lowest BCUT2D eigenvalue weighted by atomic mass is 9.82. The monoisotopic (exact) mass is 405 g/mol. The molecule has 2 aromatic carbocycles. The van der Waals surface area contributed by atoms with Crippen LogP contribution in [-0.4, -0.2) is 34.8 Å². The number of anilines is 1. The van der Waals surface area contributed by atoms with Crippen molar-refractivity contribution >= 4 is 17.6 Å². The Morgan fingerprint density at radius 2 is 1.67 bits per heavy atom. The van der Waals surface area contributed by atoms with Gasteiger partial charge in [0.25, 0.3) is 0 Å². The number of amides is 1. The van der Waals surface area contributed by atoms with Crippen molar-refractivity contribution in [2.24, 2.45) is 0 Å². The number of esters is 1. The number of carbonyl (C=O) groups excluding carboxylic acids is 2. The third-order valence-electron chi connectivity index (χ3n) is 5.14. The summed E-state index contributed by atoms with van der Waals surface area (Å²) in [5.74, 6) is -0.919. The van der Waals surface area contributed by atoms with Crippen LogP contribution in [-0.2, 0) is 26.3 Å². The van der Waals surface area contributed by atoms with Gasteiger partial charge in [0.1, 0.15) is 0 Å². The molecule has 0 saturated heterocycles. The normalized spacial score (nSPS) is 12.8. The Hall–Kier alpha value is -3.41. The number of nitrogens with zero attached hydrogens (tertiary/aromatic N) is 3. The van der Waals surface area contributed by atoms with Gasteiger partial charge in [0, 0.05) is 24.0 Å². The quantitative estimate of drug-likeness (QED) is 0.422. The number of aromatic nitrogens is 2. The van der Waals surface area contributed by atoms with Gasteiger partial charge in [-0.3, -0.25) is 14.3 Å². The molecule has 0 radical (unpaired) electrons. The zero-order valence-corrected chi connectivity index (χ0v) is 17.6. The molecule has 0 aliphatic rings. The van der Waals surface area contributed by atoms with Crippen LogP contribution in [0.3, 0.4) is 0 Å². The SMILES string of the molecule is CCOC(=O)C(C)(C(=O)N(CC)c1ccccc1)c1cnn(Cc2ccccc2)c1. The van der Waals surface area contributed by atoms with E-state index in [1.807, 2.05) is 67.6 Å². The molecule has 0 bridgehead atoms. The van der Waals surface area contributed by atoms with Gasteiger partial charge in [-0.25, -0.2) is 0 Å². The number of rotatable bonds is 8. The minimum absolute atomic E-state index is 0.192. The van der Waals surface area contributed by atoms with Crippen LogP contribution in [0.4, 0.5) is 5.69 Å². The van der Waals surface area contributed by atoms with E-state index in [0.29, 0.717) is 18.7 Å². The highest BCUT2D eigenvalue weighted by molar-refractivity contribution is 6.14. The highest BCUT2D eigenvalue weighted by Crippen LogP contribution is 2.30. The van der Waals surface area contributed by atoms with Crippen molar-refractivity contribution in [3.8, 4) is 0 Å². The van der Waals surface area contributed by atoms with E-state index in [1.54, 1.807) is 35.8 Å². The van der Waals surface area contributed by atoms with E-state index in [1.165, 1.54) is 0 Å². The summed E-state index contributed by atoms with van der Waals surface area (Å²) in [6.45, 7) is 6.39. The first kappa shape index (κ1) is 21.3. The van der Waals surface area contributed by atoms with Gasteiger partial charge < -0.3 is 9.64 Å². The molecule has 0 saturated carbocycles. The molecule has 3 rings (SSSR count). The molecule has 0 aliphatic heterocycles. The molecule has 6 heteroatoms. The van der Waals surface area contributed by atoms with Gasteiger partial charge in [-0.05, 0) is 38.5 Å². The van der Waals surface area contributed by atoms with Crippen molar-refractivity contribution in [3.63, 3.8) is 0 Å². The van der Waals surface area contributed by atoms with E-state index in [2.05, 4.69) is 5.10 Å². The zero-order chi connectivity index (χ0) is 21.6. The lowest BCUT2D eigenvalue weighted by Crippen LogP contribution is -2.51. The molecular weight excluding hydrogens is 378 g/mol. The van der Waals surface area contributed by atoms with Crippen molar-refractivity contribution < 1.29 is 14.3 Å². The Morgan fingerprint density at radius 1 is 1.03 bits per heavy atom. The molecule has 0 N–H and O–H groups in total. The fraction of sp³-hybridized carbons (Fsp3) is 0.292. The Bertz CT molecular complexity index is 985. The lowest BCUT2D eigenvalue weighted by Gasteiger charge is -2.31. The fourth-order valence-electron chi connectivity index (χ4n) is 3.40. The topological polar surface area (TPSA) is 64.4 Å². The summed E-state index contributed by atoms with van der Waals surface area (Å²) < 4.78 is 7.05. The summed E-state index contributed by atoms with van der Waals surface area (Å²) in [6.07, 6.45) is 3.33. The van der Waals surface area contributed by atoms with Crippen LogP contribution in [0.25, 0.3) is 0 Å². The Kier molecular flexibility index (Phi) is 6.67. The Labute approximate surface area is 177 Å². The maximum Gasteiger partial charge on any atom is 0.326 e. The number of likely N-dealkylation sites (N-methyl/N-ethyl adjacent to an activating group) is 1. The summed E-state index contributed by atoms with van der Waals surface area (Å²) in [7, 11) is 0. The second kappa shape index (κ2) is 9.39. The van der Waals surface area contributed by atoms with E-state index in [4.69, 9.17) is 4.74 Å². The van der Waals surface area contributed by atoms with Gasteiger partial charge in [0.15, 0.2) is 5.41 Å². The molecule has 0 fully saturated rings. The second-order valence-electron chi connectivity index (χ2n) is 7.14. The van der Waals surface area contributed by atoms with Gasteiger partial charge in [-0.2, -0.15) is 5.10 Å². The number of hydrogen-bond acceptors (Lipinski definition) is 4. The first-order chi connectivity index (χ1) is 14.5. The first-order valence-electron chi connectivity index (χ1n) is 10.1. The van der Waals surface area contributed by atoms with Gasteiger partial charge in [0.05, 0.1) is 19.3 Å². The van der Waals surface area contributed by atoms with Crippen LogP contribution in [0.5, 0.6) is 0 Å². The van der Waals surface area contributed by atoms with Crippen molar-refractivity contribution in [3.05, 3.63) is 84.2 Å². The molecule has 1 aromatic heterocycles. The van der Waals surface area contributed by atoms with Gasteiger partial charge in [-0.1, -0.05) is 48.5 Å². The molecular formula is C24H27N3O3. The smallest absolute Gasteiger partial charge is 0.326 e. The molecule has 0 spiro atoms. The third-order valence-corrected chi connectivity index (χ3v) is 5.14. The van der Waals surface area contributed by atoms with E-state index >= 15 is 0 Å². The summed E-state index contributed by atoms with van der Waals surface area (Å²) >= 11 is 0. The molecule has 3 aromatic rings. The Balaban J connectivity index is 1.97. The van der Waals surface area contributed by atoms with Crippen LogP contribution in [0, 0.1) is 0 Å². The highest BCUT2D eigenvalue weighted by Gasteiger charge is 2.48. The predicted molar refractivity (Wildman–Crippen MR) is 116 cm³/mol. The minimum atomic E-state index is -1.50. The van der Waals surface area contributed by atoms with Crippen molar-refractivity contribution in [1.82, 2.24) is 9.78 Å². The molecule has 0 aliphatic carbocycles. The fourth-order valence-corrected chi connectivity index (χ4v) is 3.40. The maximum absolute atomic E-state index is 13.7. The third kappa shape index (κ3) is 4.27. The average molecular weight is 405 g/mol. The number of ether oxygens (including phenoxy) is 1. The second-order valence-corrected chi connectivity index (χ2v) is 7.14. The molecule has 1 atom stereocenters. The molecule has 6 nitrogen and oxygen atoms in total. The van der Waals surface area contributed by atoms with E-state index in [0.717, 1.165) is 11.3 Å². The van der Waals surface area contributed by atoms with E-state index in [-0.39, 0.29) is 12.5 Å². The zero-order valence-electron chi connectivity index (χ0n) is 17.6. The molecule has 1 amide bonds. The van der Waals surface area contributed by atoms with Crippen molar-refractivity contribution in [2.45, 2.75) is 32.7 Å². The van der Waals surface area contributed by atoms with Crippen LogP contribution in [0.15, 0.2) is 73.1 Å². The lowest BCUT2D eigenvalue weighted by molar-refractivity contribution is -0.153. The summed E-state index contributed by atoms with van der Waals surface area (Å²) in [5, 5.41) is 4.40. The number of benzene rings is 2. The summed E-state index contributed by atoms with van der Waals surface area (Å²) in [5.41, 5.74) is 0.820. The van der Waals surface area contributed by atoms with Gasteiger partial charge >= 0.3 is 5.97 Å². The molecule has 30 heavy (non-hydrogen) atoms. The largest absolute Gasteiger partial charge is 0.465 e. The van der Waals surface area contributed by atoms with Gasteiger partial charge in [-0.15, -0.1) is 0 Å². The first-order valence-corrected chi connectivity index (χ1v) is 10.1. The predicted octanol–water partition coefficient (Wildman–Crippen LogP) is 3.81. The number of para-hydroxylation sites is 1. The standard InChI is InChI=1S/C24H27N3O3/c1-4-27(21-14-10-7-11-15-21)22(28)24(3,23(29)30-5-2)20-16-25-26(18-20)17-19-12-8-6-9-13-19/h6-16,18H,4-5,17H2,1-3H3. The number of carbonyl (C=O) groups is 2. The van der Waals surface area contributed by atoms with Crippen molar-refractivity contribution in [1.29, 1.82) is 0 Å². The molecule has 1 heterocycles. The minimum Gasteiger partial charge on any atom is -0.465 e. The van der Waals surface area contributed by atoms with Crippen LogP contribution in [0.1, 0.15) is 31.9 Å². The Morgan fingerprint density at radius 3 is 2.27 bits per heavy atom. The maximum atomic E-state index is 13.7. The number of hydrogen-bond donors (Lipinski definition) is 0. The van der Waals surface area contributed by atoms with Crippen LogP contribution >= 0.6 is 0 Å². The highest BCUT2D eigenvalue weighted by atomic mass is 16.5. The van der Waals surface area contributed by atoms with Gasteiger partial charge in [0.2, 0.25) is 5.91 Å².